The van der Waals surface area contributed by atoms with E-state index in [1.54, 1.807) is 6.07 Å². The minimum atomic E-state index is -1.30. The summed E-state index contributed by atoms with van der Waals surface area (Å²) < 4.78 is 5.01. The smallest absolute Gasteiger partial charge is 0.138 e. The fourth-order valence-electron chi connectivity index (χ4n) is 0.809. The van der Waals surface area contributed by atoms with Gasteiger partial charge in [0.15, 0.2) is 0 Å². The van der Waals surface area contributed by atoms with Crippen molar-refractivity contribution in [3.8, 4) is 5.75 Å². The zero-order valence-electron chi connectivity index (χ0n) is 7.29. The lowest BCUT2D eigenvalue weighted by molar-refractivity contribution is -0.312. The maximum Gasteiger partial charge on any atom is 0.138 e. The van der Waals surface area contributed by atoms with Gasteiger partial charge >= 0.3 is 0 Å². The van der Waals surface area contributed by atoms with Crippen molar-refractivity contribution in [3.05, 3.63) is 28.2 Å². The van der Waals surface area contributed by atoms with Crippen molar-refractivity contribution >= 4 is 29.2 Å². The van der Waals surface area contributed by atoms with E-state index >= 15 is 0 Å². The molecule has 0 amide bonds. The molecule has 0 heterocycles. The van der Waals surface area contributed by atoms with Crippen LogP contribution in [0.25, 0.3) is 0 Å². The van der Waals surface area contributed by atoms with E-state index in [0.29, 0.717) is 5.02 Å². The van der Waals surface area contributed by atoms with Crippen LogP contribution >= 0.6 is 23.2 Å². The number of ether oxygens (including phenoxy) is 1. The van der Waals surface area contributed by atoms with Gasteiger partial charge in [0, 0.05) is 5.02 Å². The van der Waals surface area contributed by atoms with E-state index in [9.17, 15) is 9.90 Å². The molecule has 1 aromatic carbocycles. The molecule has 0 unspecified atom stereocenters. The molecule has 1 atom stereocenters. The van der Waals surface area contributed by atoms with Crippen LogP contribution in [0.1, 0.15) is 6.92 Å². The lowest BCUT2D eigenvalue weighted by Gasteiger charge is -2.16. The molecule has 3 nitrogen and oxygen atoms in total. The Morgan fingerprint density at radius 2 is 2.14 bits per heavy atom. The summed E-state index contributed by atoms with van der Waals surface area (Å²) >= 11 is 11.4. The third-order valence-electron chi connectivity index (χ3n) is 1.53. The fourth-order valence-corrected chi connectivity index (χ4v) is 1.26. The summed E-state index contributed by atoms with van der Waals surface area (Å²) in [6.45, 7) is 1.36. The van der Waals surface area contributed by atoms with Crippen molar-refractivity contribution in [3.63, 3.8) is 0 Å². The second-order valence-corrected chi connectivity index (χ2v) is 3.50. The molecular weight excluding hydrogens is 227 g/mol. The monoisotopic (exact) mass is 233 g/mol. The van der Waals surface area contributed by atoms with Crippen LogP contribution in [-0.4, -0.2) is 12.1 Å². The molecule has 0 aliphatic rings. The van der Waals surface area contributed by atoms with Crippen molar-refractivity contribution in [2.24, 2.45) is 0 Å². The molecule has 14 heavy (non-hydrogen) atoms. The molecule has 0 aliphatic carbocycles. The van der Waals surface area contributed by atoms with Crippen molar-refractivity contribution in [1.82, 2.24) is 0 Å². The largest absolute Gasteiger partial charge is 0.546 e. The minimum Gasteiger partial charge on any atom is -0.546 e. The molecule has 1 rings (SSSR count). The first-order valence-electron chi connectivity index (χ1n) is 3.83. The summed E-state index contributed by atoms with van der Waals surface area (Å²) in [5.74, 6) is -1.02. The van der Waals surface area contributed by atoms with E-state index in [1.165, 1.54) is 19.1 Å². The standard InChI is InChI=1S/C9H8Cl2O3/c1-5(9(12)13)14-8-3-2-6(10)4-7(8)11/h2-5H,1H3,(H,12,13)/p-1/t5-/m0/s1. The SMILES string of the molecule is C[C@H](Oc1ccc(Cl)cc1Cl)C(=O)[O-]. The summed E-state index contributed by atoms with van der Waals surface area (Å²) in [5, 5.41) is 11.1. The number of hydrogen-bond donors (Lipinski definition) is 0. The normalized spacial score (nSPS) is 12.2. The van der Waals surface area contributed by atoms with Gasteiger partial charge in [-0.1, -0.05) is 23.2 Å². The number of aliphatic carboxylic acids is 1. The Morgan fingerprint density at radius 1 is 1.50 bits per heavy atom. The van der Waals surface area contributed by atoms with Crippen LogP contribution in [0, 0.1) is 0 Å². The van der Waals surface area contributed by atoms with Crippen LogP contribution < -0.4 is 9.84 Å². The molecule has 0 spiro atoms. The maximum atomic E-state index is 10.4. The molecule has 0 bridgehead atoms. The highest BCUT2D eigenvalue weighted by Crippen LogP contribution is 2.28. The Balaban J connectivity index is 2.82. The van der Waals surface area contributed by atoms with E-state index in [0.717, 1.165) is 0 Å². The molecule has 0 aliphatic heterocycles. The molecule has 76 valence electrons. The van der Waals surface area contributed by atoms with Gasteiger partial charge < -0.3 is 14.6 Å². The van der Waals surface area contributed by atoms with Gasteiger partial charge in [-0.25, -0.2) is 0 Å². The number of rotatable bonds is 3. The maximum absolute atomic E-state index is 10.4. The van der Waals surface area contributed by atoms with Gasteiger partial charge in [-0.05, 0) is 25.1 Å². The molecule has 0 saturated heterocycles. The summed E-state index contributed by atoms with van der Waals surface area (Å²) in [4.78, 5) is 10.4. The Morgan fingerprint density at radius 3 is 2.64 bits per heavy atom. The van der Waals surface area contributed by atoms with Crippen LogP contribution in [0.15, 0.2) is 18.2 Å². The Labute approximate surface area is 91.2 Å². The second-order valence-electron chi connectivity index (χ2n) is 2.65. The summed E-state index contributed by atoms with van der Waals surface area (Å²) in [6.07, 6.45) is -1.05. The molecule has 0 aromatic heterocycles. The Kier molecular flexibility index (Phi) is 3.61. The van der Waals surface area contributed by atoms with Crippen molar-refractivity contribution in [2.75, 3.05) is 0 Å². The van der Waals surface area contributed by atoms with Crippen LogP contribution in [0.4, 0.5) is 0 Å². The molecule has 0 saturated carbocycles. The molecule has 1 aromatic rings. The van der Waals surface area contributed by atoms with Crippen molar-refractivity contribution < 1.29 is 14.6 Å². The number of carbonyl (C=O) groups is 1. The molecule has 0 N–H and O–H groups in total. The zero-order valence-corrected chi connectivity index (χ0v) is 8.80. The number of hydrogen-bond acceptors (Lipinski definition) is 3. The van der Waals surface area contributed by atoms with E-state index in [1.807, 2.05) is 0 Å². The quantitative estimate of drug-likeness (QED) is 0.796. The third-order valence-corrected chi connectivity index (χ3v) is 2.06. The van der Waals surface area contributed by atoms with Gasteiger partial charge in [0.05, 0.1) is 11.0 Å². The van der Waals surface area contributed by atoms with Gasteiger partial charge in [-0.15, -0.1) is 0 Å². The molecular formula is C9H7Cl2O3-. The van der Waals surface area contributed by atoms with Crippen LogP contribution in [-0.2, 0) is 4.79 Å². The fraction of sp³-hybridized carbons (Fsp3) is 0.222. The highest BCUT2D eigenvalue weighted by Gasteiger charge is 2.08. The number of halogens is 2. The zero-order chi connectivity index (χ0) is 10.7. The first-order valence-corrected chi connectivity index (χ1v) is 4.59. The number of carboxylic acids is 1. The second kappa shape index (κ2) is 4.53. The summed E-state index contributed by atoms with van der Waals surface area (Å²) in [5.41, 5.74) is 0. The highest BCUT2D eigenvalue weighted by atomic mass is 35.5. The summed E-state index contributed by atoms with van der Waals surface area (Å²) in [6, 6.07) is 4.54. The van der Waals surface area contributed by atoms with Gasteiger partial charge in [-0.2, -0.15) is 0 Å². The lowest BCUT2D eigenvalue weighted by atomic mass is 10.3. The number of carboxylic acid groups (broad SMARTS) is 1. The van der Waals surface area contributed by atoms with E-state index < -0.39 is 12.1 Å². The van der Waals surface area contributed by atoms with Crippen LogP contribution in [0.5, 0.6) is 5.75 Å². The minimum absolute atomic E-state index is 0.269. The predicted molar refractivity (Wildman–Crippen MR) is 51.6 cm³/mol. The topological polar surface area (TPSA) is 49.4 Å². The summed E-state index contributed by atoms with van der Waals surface area (Å²) in [7, 11) is 0. The predicted octanol–water partition coefficient (Wildman–Crippen LogP) is 1.51. The Hall–Kier alpha value is -0.930. The molecule has 5 heteroatoms. The average Bonchev–Trinajstić information content (AvgIpc) is 2.09. The van der Waals surface area contributed by atoms with E-state index in [-0.39, 0.29) is 10.8 Å². The first-order chi connectivity index (χ1) is 6.50. The van der Waals surface area contributed by atoms with Gasteiger partial charge in [0.2, 0.25) is 0 Å². The van der Waals surface area contributed by atoms with Crippen LogP contribution in [0.2, 0.25) is 10.0 Å². The molecule has 0 fully saturated rings. The van der Waals surface area contributed by atoms with E-state index in [2.05, 4.69) is 0 Å². The van der Waals surface area contributed by atoms with E-state index in [4.69, 9.17) is 27.9 Å². The average molecular weight is 234 g/mol. The third kappa shape index (κ3) is 2.79. The van der Waals surface area contributed by atoms with Crippen molar-refractivity contribution in [1.29, 1.82) is 0 Å². The molecule has 0 radical (unpaired) electrons. The number of carbonyl (C=O) groups excluding carboxylic acids is 1. The Bertz CT molecular complexity index is 352. The van der Waals surface area contributed by atoms with Gasteiger partial charge in [0.1, 0.15) is 11.9 Å². The van der Waals surface area contributed by atoms with Crippen LogP contribution in [0.3, 0.4) is 0 Å². The van der Waals surface area contributed by atoms with Gasteiger partial charge in [-0.3, -0.25) is 0 Å². The number of benzene rings is 1. The van der Waals surface area contributed by atoms with Gasteiger partial charge in [0.25, 0.3) is 0 Å². The first kappa shape index (κ1) is 11.1. The highest BCUT2D eigenvalue weighted by molar-refractivity contribution is 6.35. The van der Waals surface area contributed by atoms with Crippen molar-refractivity contribution in [2.45, 2.75) is 13.0 Å². The lowest BCUT2D eigenvalue weighted by Crippen LogP contribution is -2.37.